The third-order valence-electron chi connectivity index (χ3n) is 9.12. The van der Waals surface area contributed by atoms with Crippen molar-refractivity contribution in [1.82, 2.24) is 14.1 Å². The number of rotatable bonds is 6. The van der Waals surface area contributed by atoms with Crippen LogP contribution in [0.3, 0.4) is 0 Å². The minimum absolute atomic E-state index is 0.0672. The number of para-hydroxylation sites is 1. The van der Waals surface area contributed by atoms with Crippen molar-refractivity contribution in [1.29, 1.82) is 0 Å². The van der Waals surface area contributed by atoms with Crippen LogP contribution in [-0.2, 0) is 12.0 Å². The lowest BCUT2D eigenvalue weighted by atomic mass is 9.76. The predicted octanol–water partition coefficient (Wildman–Crippen LogP) is 7.23. The Bertz CT molecular complexity index is 1790. The van der Waals surface area contributed by atoms with Crippen LogP contribution < -0.4 is 0 Å². The minimum Gasteiger partial charge on any atom is -0.386 e. The van der Waals surface area contributed by atoms with Crippen molar-refractivity contribution in [3.63, 3.8) is 0 Å². The van der Waals surface area contributed by atoms with Crippen LogP contribution in [0.1, 0.15) is 56.7 Å². The van der Waals surface area contributed by atoms with Crippen molar-refractivity contribution in [2.45, 2.75) is 38.3 Å². The molecular weight excluding hydrogens is 518 g/mol. The van der Waals surface area contributed by atoms with Crippen LogP contribution in [0.4, 0.5) is 0 Å². The van der Waals surface area contributed by atoms with E-state index in [-0.39, 0.29) is 5.91 Å². The van der Waals surface area contributed by atoms with Gasteiger partial charge in [-0.2, -0.15) is 0 Å². The Labute approximate surface area is 245 Å². The number of fused-ring (bicyclic) bond motifs is 3. The molecule has 7 rings (SSSR count). The number of aliphatic hydroxyl groups is 1. The summed E-state index contributed by atoms with van der Waals surface area (Å²) in [6, 6.07) is 39.3. The second-order valence-corrected chi connectivity index (χ2v) is 11.2. The van der Waals surface area contributed by atoms with Crippen molar-refractivity contribution < 1.29 is 9.90 Å². The maximum atomic E-state index is 14.0. The van der Waals surface area contributed by atoms with E-state index in [0.717, 1.165) is 51.0 Å². The molecule has 2 atom stereocenters. The van der Waals surface area contributed by atoms with E-state index in [1.165, 1.54) is 0 Å². The molecular formula is C37H33N3O2. The molecule has 0 fully saturated rings. The topological polar surface area (TPSA) is 60.1 Å². The summed E-state index contributed by atoms with van der Waals surface area (Å²) in [4.78, 5) is 18.8. The Morgan fingerprint density at radius 2 is 1.31 bits per heavy atom. The number of benzene rings is 4. The summed E-state index contributed by atoms with van der Waals surface area (Å²) < 4.78 is 4.00. The van der Waals surface area contributed by atoms with Gasteiger partial charge >= 0.3 is 0 Å². The lowest BCUT2D eigenvalue weighted by Gasteiger charge is -2.38. The van der Waals surface area contributed by atoms with E-state index in [4.69, 9.17) is 4.98 Å². The molecule has 1 aliphatic rings. The van der Waals surface area contributed by atoms with E-state index in [1.54, 1.807) is 0 Å². The first-order valence-electron chi connectivity index (χ1n) is 14.6. The number of nitrogens with zero attached hydrogens (tertiary/aromatic N) is 3. The molecule has 3 heterocycles. The highest BCUT2D eigenvalue weighted by Crippen LogP contribution is 2.43. The molecule has 0 unspecified atom stereocenters. The minimum atomic E-state index is -1.03. The second kappa shape index (κ2) is 10.3. The molecule has 4 aromatic carbocycles. The van der Waals surface area contributed by atoms with Gasteiger partial charge in [0, 0.05) is 16.8 Å². The van der Waals surface area contributed by atoms with Crippen LogP contribution in [0, 0.1) is 19.8 Å². The summed E-state index contributed by atoms with van der Waals surface area (Å²) in [5.74, 6) is -0.656. The summed E-state index contributed by atoms with van der Waals surface area (Å²) >= 11 is 0. The molecule has 0 aliphatic carbocycles. The maximum Gasteiger partial charge on any atom is 0.237 e. The van der Waals surface area contributed by atoms with Gasteiger partial charge in [0.15, 0.2) is 0 Å². The van der Waals surface area contributed by atoms with Gasteiger partial charge < -0.3 is 9.67 Å². The van der Waals surface area contributed by atoms with Crippen molar-refractivity contribution in [2.75, 3.05) is 0 Å². The average Bonchev–Trinajstić information content (AvgIpc) is 3.57. The Balaban J connectivity index is 1.38. The number of carbonyl (C=O) groups is 1. The van der Waals surface area contributed by atoms with Gasteiger partial charge in [-0.3, -0.25) is 9.36 Å². The van der Waals surface area contributed by atoms with Crippen molar-refractivity contribution >= 4 is 16.8 Å². The zero-order chi connectivity index (χ0) is 28.8. The lowest BCUT2D eigenvalue weighted by molar-refractivity contribution is 0.0529. The van der Waals surface area contributed by atoms with Crippen LogP contribution >= 0.6 is 0 Å². The summed E-state index contributed by atoms with van der Waals surface area (Å²) in [6.45, 7) is 4.09. The summed E-state index contributed by atoms with van der Waals surface area (Å²) in [6.07, 6.45) is 2.10. The normalized spacial score (nSPS) is 16.0. The standard InChI is InChI=1S/C37H33N3O2/c1-25-30-20-12-13-21-33(30)40-32(25)23-22-31(36(40)42)35(41)34-26(2)39(24-38-34)37(27-14-6-3-7-15-27,28-16-8-4-9-17-28)29-18-10-5-11-19-29/h3-21,24,31,35,41H,22-23H2,1-2H3/t31-,35+/m0/s1. The van der Waals surface area contributed by atoms with Gasteiger partial charge in [0.2, 0.25) is 5.91 Å². The van der Waals surface area contributed by atoms with E-state index >= 15 is 0 Å². The van der Waals surface area contributed by atoms with Crippen molar-refractivity contribution in [2.24, 2.45) is 5.92 Å². The number of hydrogen-bond donors (Lipinski definition) is 1. The first-order valence-corrected chi connectivity index (χ1v) is 14.6. The average molecular weight is 552 g/mol. The summed E-state index contributed by atoms with van der Waals surface area (Å²) in [5, 5.41) is 13.0. The van der Waals surface area contributed by atoms with Crippen LogP contribution in [-0.4, -0.2) is 25.1 Å². The molecule has 5 nitrogen and oxygen atoms in total. The SMILES string of the molecule is Cc1c2n(c3ccccc13)C(=O)[C@H]([C@@H](O)c1ncn(C(c3ccccc3)(c3ccccc3)c3ccccc3)c1C)CC2. The first-order chi connectivity index (χ1) is 20.5. The van der Waals surface area contributed by atoms with Crippen molar-refractivity contribution in [3.05, 3.63) is 161 Å². The van der Waals surface area contributed by atoms with E-state index in [0.29, 0.717) is 12.1 Å². The van der Waals surface area contributed by atoms with Gasteiger partial charge in [0.25, 0.3) is 0 Å². The number of hydrogen-bond acceptors (Lipinski definition) is 3. The Hall–Kier alpha value is -4.74. The molecule has 0 spiro atoms. The molecule has 0 amide bonds. The zero-order valence-electron chi connectivity index (χ0n) is 23.8. The Morgan fingerprint density at radius 3 is 1.88 bits per heavy atom. The highest BCUT2D eigenvalue weighted by molar-refractivity contribution is 5.97. The molecule has 42 heavy (non-hydrogen) atoms. The van der Waals surface area contributed by atoms with Gasteiger partial charge in [0.05, 0.1) is 23.5 Å². The second-order valence-electron chi connectivity index (χ2n) is 11.2. The fourth-order valence-electron chi connectivity index (χ4n) is 7.08. The maximum absolute atomic E-state index is 14.0. The third kappa shape index (κ3) is 3.81. The van der Waals surface area contributed by atoms with Crippen LogP contribution in [0.2, 0.25) is 0 Å². The monoisotopic (exact) mass is 551 g/mol. The van der Waals surface area contributed by atoms with Crippen LogP contribution in [0.25, 0.3) is 10.9 Å². The highest BCUT2D eigenvalue weighted by atomic mass is 16.3. The van der Waals surface area contributed by atoms with E-state index in [9.17, 15) is 9.90 Å². The fraction of sp³-hybridized carbons (Fsp3) is 0.189. The van der Waals surface area contributed by atoms with E-state index in [1.807, 2.05) is 54.2 Å². The highest BCUT2D eigenvalue weighted by Gasteiger charge is 2.42. The third-order valence-corrected chi connectivity index (χ3v) is 9.12. The molecule has 6 aromatic rings. The quantitative estimate of drug-likeness (QED) is 0.222. The van der Waals surface area contributed by atoms with Gasteiger partial charge in [-0.15, -0.1) is 0 Å². The number of aliphatic hydroxyl groups excluding tert-OH is 1. The van der Waals surface area contributed by atoms with E-state index in [2.05, 4.69) is 90.4 Å². The fourth-order valence-corrected chi connectivity index (χ4v) is 7.08. The molecule has 208 valence electrons. The molecule has 1 aliphatic heterocycles. The Kier molecular flexibility index (Phi) is 6.40. The summed E-state index contributed by atoms with van der Waals surface area (Å²) in [5.41, 5.74) is 6.96. The number of carbonyl (C=O) groups excluding carboxylic acids is 1. The molecule has 5 heteroatoms. The molecule has 2 aromatic heterocycles. The van der Waals surface area contributed by atoms with Gasteiger partial charge in [-0.25, -0.2) is 4.98 Å². The summed E-state index contributed by atoms with van der Waals surface area (Å²) in [7, 11) is 0. The largest absolute Gasteiger partial charge is 0.386 e. The van der Waals surface area contributed by atoms with Crippen molar-refractivity contribution in [3.8, 4) is 0 Å². The van der Waals surface area contributed by atoms with E-state index < -0.39 is 17.6 Å². The number of aromatic nitrogens is 3. The molecule has 1 N–H and O–H groups in total. The lowest BCUT2D eigenvalue weighted by Crippen LogP contribution is -2.38. The van der Waals surface area contributed by atoms with Gasteiger partial charge in [-0.1, -0.05) is 109 Å². The van der Waals surface area contributed by atoms with Gasteiger partial charge in [0.1, 0.15) is 11.6 Å². The number of aryl methyl sites for hydroxylation is 1. The predicted molar refractivity (Wildman–Crippen MR) is 166 cm³/mol. The molecule has 0 saturated carbocycles. The molecule has 0 radical (unpaired) electrons. The van der Waals surface area contributed by atoms with Crippen LogP contribution in [0.5, 0.6) is 0 Å². The zero-order valence-corrected chi connectivity index (χ0v) is 23.8. The Morgan fingerprint density at radius 1 is 0.786 bits per heavy atom. The smallest absolute Gasteiger partial charge is 0.237 e. The van der Waals surface area contributed by atoms with Gasteiger partial charge in [-0.05, 0) is 55.0 Å². The van der Waals surface area contributed by atoms with Crippen LogP contribution in [0.15, 0.2) is 122 Å². The first kappa shape index (κ1) is 26.2. The molecule has 0 bridgehead atoms. The number of imidazole rings is 1. The molecule has 0 saturated heterocycles.